The average molecular weight is 508 g/mol. The van der Waals surface area contributed by atoms with E-state index in [4.69, 9.17) is 20.3 Å². The van der Waals surface area contributed by atoms with Crippen molar-refractivity contribution in [2.75, 3.05) is 25.6 Å². The van der Waals surface area contributed by atoms with Crippen LogP contribution in [0.15, 0.2) is 34.8 Å². The number of ether oxygens (including phenoxy) is 2. The molecule has 0 fully saturated rings. The van der Waals surface area contributed by atoms with Gasteiger partial charge in [-0.3, -0.25) is 15.6 Å². The third kappa shape index (κ3) is 6.58. The monoisotopic (exact) mass is 507 g/mol. The smallest absolute Gasteiger partial charge is 0.341 e. The van der Waals surface area contributed by atoms with E-state index < -0.39 is 11.8 Å². The van der Waals surface area contributed by atoms with Crippen LogP contribution in [0.1, 0.15) is 29.4 Å². The van der Waals surface area contributed by atoms with Gasteiger partial charge in [-0.15, -0.1) is 0 Å². The van der Waals surface area contributed by atoms with Gasteiger partial charge < -0.3 is 19.7 Å². The molecule has 1 aromatic carbocycles. The average Bonchev–Trinajstić information content (AvgIpc) is 2.79. The minimum Gasteiger partial charge on any atom is -0.493 e. The summed E-state index contributed by atoms with van der Waals surface area (Å²) in [5, 5.41) is 18.4. The molecule has 0 aliphatic heterocycles. The second-order valence-corrected chi connectivity index (χ2v) is 7.65. The van der Waals surface area contributed by atoms with Crippen LogP contribution in [-0.4, -0.2) is 54.7 Å². The van der Waals surface area contributed by atoms with Gasteiger partial charge in [-0.05, 0) is 46.5 Å². The first kappa shape index (κ1) is 24.9. The number of anilines is 1. The van der Waals surface area contributed by atoms with Crippen molar-refractivity contribution < 1.29 is 23.5 Å². The summed E-state index contributed by atoms with van der Waals surface area (Å²) in [7, 11) is 1.23. The number of carbonyl (C=O) groups excluding carboxylic acids is 2. The lowest BCUT2D eigenvalue weighted by atomic mass is 10.1. The number of nitrogens with zero attached hydrogens (tertiary/aromatic N) is 2. The molecular weight excluding hydrogens is 485 g/mol. The molecule has 0 saturated heterocycles. The molecule has 1 heterocycles. The first-order valence-corrected chi connectivity index (χ1v) is 10.3. The molecule has 32 heavy (non-hydrogen) atoms. The Morgan fingerprint density at radius 3 is 2.81 bits per heavy atom. The number of rotatable bonds is 11. The van der Waals surface area contributed by atoms with E-state index in [2.05, 4.69) is 26.2 Å². The van der Waals surface area contributed by atoms with Gasteiger partial charge in [0.1, 0.15) is 28.6 Å². The van der Waals surface area contributed by atoms with E-state index in [0.29, 0.717) is 30.9 Å². The van der Waals surface area contributed by atoms with E-state index in [1.807, 2.05) is 6.92 Å². The van der Waals surface area contributed by atoms with Crippen LogP contribution >= 0.6 is 15.9 Å². The highest BCUT2D eigenvalue weighted by molar-refractivity contribution is 9.10. The second kappa shape index (κ2) is 11.9. The zero-order chi connectivity index (χ0) is 23.7. The van der Waals surface area contributed by atoms with Gasteiger partial charge in [-0.25, -0.2) is 14.2 Å². The summed E-state index contributed by atoms with van der Waals surface area (Å²) in [6, 6.07) is 7.27. The fourth-order valence-corrected chi connectivity index (χ4v) is 3.12. The van der Waals surface area contributed by atoms with Crippen LogP contribution in [-0.2, 0) is 9.53 Å². The predicted octanol–water partition coefficient (Wildman–Crippen LogP) is 3.68. The number of carbonyl (C=O) groups is 2. The molecule has 1 atom stereocenters. The van der Waals surface area contributed by atoms with Crippen molar-refractivity contribution in [2.45, 2.75) is 13.3 Å². The third-order valence-corrected chi connectivity index (χ3v) is 5.05. The molecule has 1 aromatic heterocycles. The topological polar surface area (TPSA) is 128 Å². The van der Waals surface area contributed by atoms with Gasteiger partial charge in [-0.1, -0.05) is 13.0 Å². The molecule has 11 heteroatoms. The highest BCUT2D eigenvalue weighted by atomic mass is 79.9. The van der Waals surface area contributed by atoms with Gasteiger partial charge >= 0.3 is 5.97 Å². The number of esters is 1. The summed E-state index contributed by atoms with van der Waals surface area (Å²) in [5.74, 6) is -0.846. The molecule has 0 saturated carbocycles. The summed E-state index contributed by atoms with van der Waals surface area (Å²) in [5.41, 5.74) is 0.406. The van der Waals surface area contributed by atoms with Gasteiger partial charge in [0.15, 0.2) is 5.84 Å². The standard InChI is InChI=1S/C21H23BrFN5O4/c1-13(6-7-32-18-9-16(23)15(22)8-14(18)21(30)31-2)10-28(11-24)20(25)17-4-3-5-19(27-17)26-12-29/h3-5,8-9,11-13,24-25H,6-7,10H2,1-2H3,(H,26,27,29). The zero-order valence-corrected chi connectivity index (χ0v) is 19.1. The Bertz CT molecular complexity index is 1000. The lowest BCUT2D eigenvalue weighted by Gasteiger charge is -2.23. The maximum atomic E-state index is 13.9. The molecule has 3 N–H and O–H groups in total. The molecule has 2 aromatic rings. The largest absolute Gasteiger partial charge is 0.493 e. The second-order valence-electron chi connectivity index (χ2n) is 6.80. The molecule has 1 unspecified atom stereocenters. The van der Waals surface area contributed by atoms with Crippen LogP contribution in [0.4, 0.5) is 10.2 Å². The molecule has 1 amide bonds. The lowest BCUT2D eigenvalue weighted by molar-refractivity contribution is -0.105. The molecule has 0 bridgehead atoms. The van der Waals surface area contributed by atoms with E-state index in [1.165, 1.54) is 18.1 Å². The summed E-state index contributed by atoms with van der Waals surface area (Å²) in [6.07, 6.45) is 2.03. The summed E-state index contributed by atoms with van der Waals surface area (Å²) >= 11 is 3.04. The molecule has 170 valence electrons. The first-order chi connectivity index (χ1) is 15.3. The number of amides is 1. The Morgan fingerprint density at radius 2 is 2.16 bits per heavy atom. The molecule has 0 aliphatic rings. The van der Waals surface area contributed by atoms with Crippen molar-refractivity contribution in [2.24, 2.45) is 5.92 Å². The van der Waals surface area contributed by atoms with Gasteiger partial charge in [0.05, 0.1) is 24.5 Å². The van der Waals surface area contributed by atoms with Gasteiger partial charge in [-0.2, -0.15) is 0 Å². The molecule has 0 radical (unpaired) electrons. The van der Waals surface area contributed by atoms with Gasteiger partial charge in [0, 0.05) is 12.6 Å². The Kier molecular flexibility index (Phi) is 9.26. The van der Waals surface area contributed by atoms with E-state index in [1.54, 1.807) is 18.2 Å². The van der Waals surface area contributed by atoms with Crippen LogP contribution in [0.3, 0.4) is 0 Å². The number of nitrogens with one attached hydrogen (secondary N) is 3. The number of pyridine rings is 1. The molecular formula is C21H23BrFN5O4. The van der Waals surface area contributed by atoms with Crippen LogP contribution in [0, 0.1) is 22.6 Å². The summed E-state index contributed by atoms with van der Waals surface area (Å²) in [4.78, 5) is 28.1. The number of halogens is 2. The van der Waals surface area contributed by atoms with Crippen molar-refractivity contribution in [1.82, 2.24) is 9.88 Å². The highest BCUT2D eigenvalue weighted by Gasteiger charge is 2.18. The number of methoxy groups -OCH3 is 1. The minimum atomic E-state index is -0.643. The first-order valence-electron chi connectivity index (χ1n) is 9.54. The third-order valence-electron chi connectivity index (χ3n) is 4.45. The van der Waals surface area contributed by atoms with E-state index in [-0.39, 0.29) is 34.1 Å². The van der Waals surface area contributed by atoms with E-state index >= 15 is 0 Å². The van der Waals surface area contributed by atoms with Crippen LogP contribution in [0.5, 0.6) is 5.75 Å². The Labute approximate surface area is 193 Å². The van der Waals surface area contributed by atoms with E-state index in [9.17, 15) is 14.0 Å². The molecule has 0 spiro atoms. The van der Waals surface area contributed by atoms with Crippen molar-refractivity contribution >= 4 is 46.3 Å². The SMILES string of the molecule is COC(=O)c1cc(Br)c(F)cc1OCCC(C)CN(C=N)C(=N)c1cccc(NC=O)n1. The Hall–Kier alpha value is -3.34. The number of hydrogen-bond acceptors (Lipinski definition) is 7. The number of aromatic nitrogens is 1. The normalized spacial score (nSPS) is 11.2. The van der Waals surface area contributed by atoms with Crippen LogP contribution in [0.2, 0.25) is 0 Å². The van der Waals surface area contributed by atoms with Crippen molar-refractivity contribution in [3.05, 3.63) is 51.9 Å². The predicted molar refractivity (Wildman–Crippen MR) is 121 cm³/mol. The van der Waals surface area contributed by atoms with E-state index in [0.717, 1.165) is 12.4 Å². The molecule has 9 nitrogen and oxygen atoms in total. The fourth-order valence-electron chi connectivity index (χ4n) is 2.78. The van der Waals surface area contributed by atoms with Crippen molar-refractivity contribution in [3.8, 4) is 5.75 Å². The lowest BCUT2D eigenvalue weighted by Crippen LogP contribution is -2.34. The van der Waals surface area contributed by atoms with Crippen LogP contribution in [0.25, 0.3) is 0 Å². The maximum absolute atomic E-state index is 13.9. The van der Waals surface area contributed by atoms with Crippen molar-refractivity contribution in [1.29, 1.82) is 10.8 Å². The van der Waals surface area contributed by atoms with Gasteiger partial charge in [0.25, 0.3) is 0 Å². The molecule has 2 rings (SSSR count). The summed E-state index contributed by atoms with van der Waals surface area (Å²) < 4.78 is 24.4. The summed E-state index contributed by atoms with van der Waals surface area (Å²) in [6.45, 7) is 2.42. The Morgan fingerprint density at radius 1 is 1.41 bits per heavy atom. The minimum absolute atomic E-state index is 0.00488. The Balaban J connectivity index is 1.99. The number of benzene rings is 1. The zero-order valence-electron chi connectivity index (χ0n) is 17.5. The fraction of sp³-hybridized carbons (Fsp3) is 0.286. The van der Waals surface area contributed by atoms with Crippen molar-refractivity contribution in [3.63, 3.8) is 0 Å². The highest BCUT2D eigenvalue weighted by Crippen LogP contribution is 2.27. The maximum Gasteiger partial charge on any atom is 0.341 e. The van der Waals surface area contributed by atoms with Crippen LogP contribution < -0.4 is 10.1 Å². The number of hydrogen-bond donors (Lipinski definition) is 3. The van der Waals surface area contributed by atoms with Gasteiger partial charge in [0.2, 0.25) is 6.41 Å². The molecule has 0 aliphatic carbocycles. The number of amidine groups is 1. The quantitative estimate of drug-likeness (QED) is 0.184.